The first-order chi connectivity index (χ1) is 13.6. The molecule has 0 aliphatic rings. The highest BCUT2D eigenvalue weighted by Crippen LogP contribution is 2.29. The van der Waals surface area contributed by atoms with E-state index in [1.54, 1.807) is 26.0 Å². The number of methoxy groups -OCH3 is 1. The Hall–Kier alpha value is -2.43. The standard InChI is InChI=1S/C19H24N2O6S2/c1-5-21(6-2)29(25,26)18-13-14(11-12-16(18)27-3)19(22)20-15-9-7-8-10-17(15)28(4,23)24/h7-13H,5-6H2,1-4H3,(H,20,22). The maximum absolute atomic E-state index is 12.9. The quantitative estimate of drug-likeness (QED) is 0.675. The summed E-state index contributed by atoms with van der Waals surface area (Å²) in [5.41, 5.74) is 0.170. The highest BCUT2D eigenvalue weighted by atomic mass is 32.2. The van der Waals surface area contributed by atoms with Crippen LogP contribution in [0.25, 0.3) is 0 Å². The second kappa shape index (κ2) is 8.93. The molecule has 0 aliphatic heterocycles. The lowest BCUT2D eigenvalue weighted by atomic mass is 10.2. The van der Waals surface area contributed by atoms with Crippen LogP contribution in [0.1, 0.15) is 24.2 Å². The van der Waals surface area contributed by atoms with Gasteiger partial charge in [0.15, 0.2) is 9.84 Å². The number of benzene rings is 2. The fourth-order valence-corrected chi connectivity index (χ4v) is 5.29. The zero-order valence-corrected chi connectivity index (χ0v) is 18.3. The van der Waals surface area contributed by atoms with Crippen LogP contribution in [-0.4, -0.2) is 53.5 Å². The topological polar surface area (TPSA) is 110 Å². The Kier molecular flexibility index (Phi) is 7.04. The van der Waals surface area contributed by atoms with Crippen molar-refractivity contribution < 1.29 is 26.4 Å². The molecule has 0 spiro atoms. The van der Waals surface area contributed by atoms with Crippen LogP contribution in [0.3, 0.4) is 0 Å². The summed E-state index contributed by atoms with van der Waals surface area (Å²) >= 11 is 0. The van der Waals surface area contributed by atoms with Gasteiger partial charge in [-0.15, -0.1) is 0 Å². The average Bonchev–Trinajstić information content (AvgIpc) is 2.67. The van der Waals surface area contributed by atoms with Crippen LogP contribution in [0, 0.1) is 0 Å². The summed E-state index contributed by atoms with van der Waals surface area (Å²) in [6.45, 7) is 3.96. The minimum atomic E-state index is -3.87. The lowest BCUT2D eigenvalue weighted by molar-refractivity contribution is 0.102. The highest BCUT2D eigenvalue weighted by molar-refractivity contribution is 7.91. The molecule has 1 amide bonds. The van der Waals surface area contributed by atoms with E-state index in [0.717, 1.165) is 6.26 Å². The summed E-state index contributed by atoms with van der Waals surface area (Å²) in [4.78, 5) is 12.6. The third kappa shape index (κ3) is 4.95. The van der Waals surface area contributed by atoms with Crippen molar-refractivity contribution in [3.05, 3.63) is 48.0 Å². The molecule has 0 atom stereocenters. The molecule has 2 aromatic rings. The number of sulfonamides is 1. The van der Waals surface area contributed by atoms with Crippen LogP contribution < -0.4 is 10.1 Å². The van der Waals surface area contributed by atoms with E-state index in [0.29, 0.717) is 0 Å². The van der Waals surface area contributed by atoms with Gasteiger partial charge in [-0.3, -0.25) is 4.79 Å². The van der Waals surface area contributed by atoms with Crippen molar-refractivity contribution in [2.24, 2.45) is 0 Å². The zero-order valence-electron chi connectivity index (χ0n) is 16.7. The van der Waals surface area contributed by atoms with Crippen LogP contribution in [0.2, 0.25) is 0 Å². The highest BCUT2D eigenvalue weighted by Gasteiger charge is 2.27. The van der Waals surface area contributed by atoms with Gasteiger partial charge in [-0.2, -0.15) is 4.31 Å². The summed E-state index contributed by atoms with van der Waals surface area (Å²) in [7, 11) is -6.08. The third-order valence-electron chi connectivity index (χ3n) is 4.28. The Bertz CT molecular complexity index is 1110. The monoisotopic (exact) mass is 440 g/mol. The van der Waals surface area contributed by atoms with Crippen molar-refractivity contribution in [2.75, 3.05) is 31.8 Å². The van der Waals surface area contributed by atoms with E-state index in [1.165, 1.54) is 41.7 Å². The lowest BCUT2D eigenvalue weighted by Gasteiger charge is -2.20. The fourth-order valence-electron chi connectivity index (χ4n) is 2.81. The Balaban J connectivity index is 2.49. The molecule has 2 aromatic carbocycles. The van der Waals surface area contributed by atoms with Crippen LogP contribution in [-0.2, 0) is 19.9 Å². The van der Waals surface area contributed by atoms with Gasteiger partial charge in [0, 0.05) is 24.9 Å². The van der Waals surface area contributed by atoms with Gasteiger partial charge in [0.25, 0.3) is 5.91 Å². The van der Waals surface area contributed by atoms with Gasteiger partial charge in [-0.05, 0) is 30.3 Å². The van der Waals surface area contributed by atoms with Gasteiger partial charge < -0.3 is 10.1 Å². The molecule has 10 heteroatoms. The van der Waals surface area contributed by atoms with Crippen molar-refractivity contribution in [1.29, 1.82) is 0 Å². The van der Waals surface area contributed by atoms with Gasteiger partial charge in [0.2, 0.25) is 10.0 Å². The summed E-state index contributed by atoms with van der Waals surface area (Å²) in [6, 6.07) is 10.0. The molecule has 0 saturated carbocycles. The van der Waals surface area contributed by atoms with Gasteiger partial charge in [0.1, 0.15) is 10.6 Å². The molecule has 158 valence electrons. The second-order valence-electron chi connectivity index (χ2n) is 6.18. The van der Waals surface area contributed by atoms with Gasteiger partial charge in [-0.1, -0.05) is 26.0 Å². The first-order valence-corrected chi connectivity index (χ1v) is 12.2. The molecule has 0 aromatic heterocycles. The predicted octanol–water partition coefficient (Wildman–Crippen LogP) is 2.38. The number of hydrogen-bond donors (Lipinski definition) is 1. The third-order valence-corrected chi connectivity index (χ3v) is 7.51. The molecule has 2 rings (SSSR count). The molecule has 0 fully saturated rings. The molecule has 0 bridgehead atoms. The minimum absolute atomic E-state index is 0.0298. The first-order valence-electron chi connectivity index (χ1n) is 8.84. The lowest BCUT2D eigenvalue weighted by Crippen LogP contribution is -2.31. The number of amides is 1. The maximum atomic E-state index is 12.9. The Labute approximate surface area is 171 Å². The number of hydrogen-bond acceptors (Lipinski definition) is 6. The summed E-state index contributed by atoms with van der Waals surface area (Å²) in [6.07, 6.45) is 1.04. The van der Waals surface area contributed by atoms with Crippen molar-refractivity contribution in [1.82, 2.24) is 4.31 Å². The van der Waals surface area contributed by atoms with E-state index >= 15 is 0 Å². The summed E-state index contributed by atoms with van der Waals surface area (Å²) in [5.74, 6) is -0.523. The normalized spacial score (nSPS) is 12.0. The Morgan fingerprint density at radius 2 is 1.62 bits per heavy atom. The van der Waals surface area contributed by atoms with Crippen molar-refractivity contribution in [3.8, 4) is 5.75 Å². The zero-order chi connectivity index (χ0) is 21.8. The van der Waals surface area contributed by atoms with Crippen molar-refractivity contribution in [3.63, 3.8) is 0 Å². The Morgan fingerprint density at radius 3 is 2.17 bits per heavy atom. The number of nitrogens with zero attached hydrogens (tertiary/aromatic N) is 1. The molecule has 29 heavy (non-hydrogen) atoms. The van der Waals surface area contributed by atoms with E-state index in [-0.39, 0.29) is 39.9 Å². The number of ether oxygens (including phenoxy) is 1. The van der Waals surface area contributed by atoms with E-state index in [9.17, 15) is 21.6 Å². The van der Waals surface area contributed by atoms with Crippen molar-refractivity contribution in [2.45, 2.75) is 23.6 Å². The molecule has 8 nitrogen and oxygen atoms in total. The molecule has 0 radical (unpaired) electrons. The summed E-state index contributed by atoms with van der Waals surface area (Å²) < 4.78 is 56.1. The van der Waals surface area contributed by atoms with Crippen LogP contribution in [0.4, 0.5) is 5.69 Å². The van der Waals surface area contributed by atoms with E-state index < -0.39 is 25.8 Å². The largest absolute Gasteiger partial charge is 0.495 e. The molecule has 0 unspecified atom stereocenters. The number of anilines is 1. The second-order valence-corrected chi connectivity index (χ2v) is 10.1. The number of nitrogens with one attached hydrogen (secondary N) is 1. The number of sulfone groups is 1. The van der Waals surface area contributed by atoms with Gasteiger partial charge in [-0.25, -0.2) is 16.8 Å². The average molecular weight is 441 g/mol. The fraction of sp³-hybridized carbons (Fsp3) is 0.316. The maximum Gasteiger partial charge on any atom is 0.255 e. The predicted molar refractivity (Wildman–Crippen MR) is 111 cm³/mol. The number of rotatable bonds is 8. The molecular weight excluding hydrogens is 416 g/mol. The number of para-hydroxylation sites is 1. The summed E-state index contributed by atoms with van der Waals surface area (Å²) in [5, 5.41) is 2.54. The van der Waals surface area contributed by atoms with Crippen LogP contribution in [0.15, 0.2) is 52.3 Å². The van der Waals surface area contributed by atoms with E-state index in [4.69, 9.17) is 4.74 Å². The van der Waals surface area contributed by atoms with Crippen LogP contribution >= 0.6 is 0 Å². The van der Waals surface area contributed by atoms with Gasteiger partial charge in [0.05, 0.1) is 17.7 Å². The number of carbonyl (C=O) groups excluding carboxylic acids is 1. The molecule has 1 N–H and O–H groups in total. The van der Waals surface area contributed by atoms with E-state index in [1.807, 2.05) is 0 Å². The molecular formula is C19H24N2O6S2. The van der Waals surface area contributed by atoms with Crippen molar-refractivity contribution >= 4 is 31.5 Å². The first kappa shape index (κ1) is 22.9. The minimum Gasteiger partial charge on any atom is -0.495 e. The van der Waals surface area contributed by atoms with E-state index in [2.05, 4.69) is 5.32 Å². The SMILES string of the molecule is CCN(CC)S(=O)(=O)c1cc(C(=O)Nc2ccccc2S(C)(=O)=O)ccc1OC. The number of carbonyl (C=O) groups is 1. The molecule has 0 aliphatic carbocycles. The van der Waals surface area contributed by atoms with Crippen LogP contribution in [0.5, 0.6) is 5.75 Å². The molecule has 0 heterocycles. The molecule has 0 saturated heterocycles. The van der Waals surface area contributed by atoms with Gasteiger partial charge >= 0.3 is 0 Å². The smallest absolute Gasteiger partial charge is 0.255 e. The Morgan fingerprint density at radius 1 is 1.00 bits per heavy atom.